The number of nitrogens with one attached hydrogen (secondary N) is 2. The highest BCUT2D eigenvalue weighted by molar-refractivity contribution is 14.0. The lowest BCUT2D eigenvalue weighted by molar-refractivity contribution is 0.254. The second kappa shape index (κ2) is 10.8. The largest absolute Gasteiger partial charge is 0.494 e. The summed E-state index contributed by atoms with van der Waals surface area (Å²) < 4.78 is 11.8. The molecule has 28 heavy (non-hydrogen) atoms. The number of nitrogens with zero attached hydrogens (tertiary/aromatic N) is 2. The maximum absolute atomic E-state index is 5.90. The molecule has 0 saturated carbocycles. The summed E-state index contributed by atoms with van der Waals surface area (Å²) in [5, 5.41) is 6.68. The van der Waals surface area contributed by atoms with Gasteiger partial charge in [0.2, 0.25) is 0 Å². The topological polar surface area (TPSA) is 67.8 Å². The molecular formula is C20H29IN4O2S. The Morgan fingerprint density at radius 2 is 2.18 bits per heavy atom. The lowest BCUT2D eigenvalue weighted by Gasteiger charge is -2.13. The number of benzene rings is 1. The van der Waals surface area contributed by atoms with Crippen molar-refractivity contribution >= 4 is 41.3 Å². The summed E-state index contributed by atoms with van der Waals surface area (Å²) in [7, 11) is 0. The first-order chi connectivity index (χ1) is 13.1. The van der Waals surface area contributed by atoms with Crippen LogP contribution in [-0.4, -0.2) is 30.2 Å². The minimum Gasteiger partial charge on any atom is -0.494 e. The Labute approximate surface area is 188 Å². The second-order valence-electron chi connectivity index (χ2n) is 6.54. The Morgan fingerprint density at radius 3 is 2.86 bits per heavy atom. The molecule has 2 aromatic rings. The Bertz CT molecular complexity index is 809. The van der Waals surface area contributed by atoms with Gasteiger partial charge in [-0.05, 0) is 39.8 Å². The van der Waals surface area contributed by atoms with Crippen LogP contribution in [0.3, 0.4) is 0 Å². The van der Waals surface area contributed by atoms with Gasteiger partial charge in [0.1, 0.15) is 17.6 Å². The van der Waals surface area contributed by atoms with Gasteiger partial charge in [-0.15, -0.1) is 35.3 Å². The zero-order valence-corrected chi connectivity index (χ0v) is 20.0. The highest BCUT2D eigenvalue weighted by Gasteiger charge is 2.21. The molecule has 3 rings (SSSR count). The Hall–Kier alpha value is -1.55. The molecule has 1 aliphatic rings. The van der Waals surface area contributed by atoms with Gasteiger partial charge in [0.15, 0.2) is 5.96 Å². The maximum Gasteiger partial charge on any atom is 0.191 e. The van der Waals surface area contributed by atoms with Gasteiger partial charge in [-0.2, -0.15) is 0 Å². The van der Waals surface area contributed by atoms with E-state index < -0.39 is 0 Å². The van der Waals surface area contributed by atoms with Crippen LogP contribution in [0, 0.1) is 6.92 Å². The van der Waals surface area contributed by atoms with E-state index in [1.54, 1.807) is 11.3 Å². The van der Waals surface area contributed by atoms with Crippen molar-refractivity contribution in [1.82, 2.24) is 15.6 Å². The van der Waals surface area contributed by atoms with Gasteiger partial charge in [0, 0.05) is 29.0 Å². The summed E-state index contributed by atoms with van der Waals surface area (Å²) in [6.07, 6.45) is 1.15. The Balaban J connectivity index is 0.00000280. The standard InChI is InChI=1S/C20H28N4O2S.HI/c1-5-21-20(23-11-19-14(4)24-12-27-19)22-10-16-9-18-15(7-13(3)26-18)8-17(16)25-6-2;/h8-9,12-13H,5-7,10-11H2,1-4H3,(H2,21,22,23);1H. The molecule has 2 heterocycles. The van der Waals surface area contributed by atoms with E-state index in [-0.39, 0.29) is 30.1 Å². The van der Waals surface area contributed by atoms with Crippen molar-refractivity contribution in [3.63, 3.8) is 0 Å². The van der Waals surface area contributed by atoms with E-state index in [1.165, 1.54) is 10.4 Å². The number of aromatic nitrogens is 1. The molecule has 0 amide bonds. The summed E-state index contributed by atoms with van der Waals surface area (Å²) in [6.45, 7) is 10.9. The van der Waals surface area contributed by atoms with Gasteiger partial charge in [-0.25, -0.2) is 9.98 Å². The predicted molar refractivity (Wildman–Crippen MR) is 125 cm³/mol. The Morgan fingerprint density at radius 1 is 1.36 bits per heavy atom. The molecule has 1 aliphatic heterocycles. The molecule has 0 aliphatic carbocycles. The first-order valence-electron chi connectivity index (χ1n) is 9.47. The van der Waals surface area contributed by atoms with Crippen LogP contribution in [0.15, 0.2) is 22.6 Å². The Kier molecular flexibility index (Phi) is 8.81. The molecule has 8 heteroatoms. The number of guanidine groups is 1. The second-order valence-corrected chi connectivity index (χ2v) is 7.48. The third-order valence-corrected chi connectivity index (χ3v) is 5.33. The summed E-state index contributed by atoms with van der Waals surface area (Å²) in [5.41, 5.74) is 5.18. The maximum atomic E-state index is 5.90. The smallest absolute Gasteiger partial charge is 0.191 e. The van der Waals surface area contributed by atoms with E-state index in [2.05, 4.69) is 41.6 Å². The molecule has 1 aromatic heterocycles. The highest BCUT2D eigenvalue weighted by Crippen LogP contribution is 2.35. The van der Waals surface area contributed by atoms with Crippen molar-refractivity contribution in [2.24, 2.45) is 4.99 Å². The number of aliphatic imine (C=N–C) groups is 1. The van der Waals surface area contributed by atoms with E-state index in [4.69, 9.17) is 14.5 Å². The molecule has 6 nitrogen and oxygen atoms in total. The van der Waals surface area contributed by atoms with Gasteiger partial charge in [0.05, 0.1) is 30.9 Å². The van der Waals surface area contributed by atoms with E-state index >= 15 is 0 Å². The fraction of sp³-hybridized carbons (Fsp3) is 0.500. The number of fused-ring (bicyclic) bond motifs is 1. The van der Waals surface area contributed by atoms with Crippen LogP contribution in [0.25, 0.3) is 0 Å². The van der Waals surface area contributed by atoms with E-state index in [9.17, 15) is 0 Å². The monoisotopic (exact) mass is 516 g/mol. The summed E-state index contributed by atoms with van der Waals surface area (Å²) in [6, 6.07) is 4.18. The first kappa shape index (κ1) is 22.7. The lowest BCUT2D eigenvalue weighted by Crippen LogP contribution is -2.36. The van der Waals surface area contributed by atoms with Crippen LogP contribution >= 0.6 is 35.3 Å². The molecule has 0 saturated heterocycles. The first-order valence-corrected chi connectivity index (χ1v) is 10.3. The van der Waals surface area contributed by atoms with Crippen LogP contribution in [0.2, 0.25) is 0 Å². The molecule has 1 unspecified atom stereocenters. The SMILES string of the molecule is CCNC(=NCc1cc2c(cc1OCC)CC(C)O2)NCc1scnc1C.I. The number of ether oxygens (including phenoxy) is 2. The van der Waals surface area contributed by atoms with Crippen LogP contribution in [0.1, 0.15) is 42.5 Å². The molecule has 1 aromatic carbocycles. The molecule has 2 N–H and O–H groups in total. The predicted octanol–water partition coefficient (Wildman–Crippen LogP) is 4.05. The van der Waals surface area contributed by atoms with Gasteiger partial charge in [-0.1, -0.05) is 0 Å². The third kappa shape index (κ3) is 5.73. The molecule has 154 valence electrons. The number of rotatable bonds is 7. The summed E-state index contributed by atoms with van der Waals surface area (Å²) >= 11 is 1.65. The fourth-order valence-electron chi connectivity index (χ4n) is 3.06. The average Bonchev–Trinajstić information content (AvgIpc) is 3.21. The van der Waals surface area contributed by atoms with Crippen molar-refractivity contribution in [3.8, 4) is 11.5 Å². The molecule has 0 bridgehead atoms. The number of hydrogen-bond donors (Lipinski definition) is 2. The summed E-state index contributed by atoms with van der Waals surface area (Å²) in [4.78, 5) is 10.3. The average molecular weight is 516 g/mol. The van der Waals surface area contributed by atoms with E-state index in [0.29, 0.717) is 19.7 Å². The van der Waals surface area contributed by atoms with Crippen molar-refractivity contribution in [3.05, 3.63) is 39.3 Å². The van der Waals surface area contributed by atoms with Crippen molar-refractivity contribution in [2.75, 3.05) is 13.2 Å². The molecule has 0 fully saturated rings. The van der Waals surface area contributed by atoms with Gasteiger partial charge in [0.25, 0.3) is 0 Å². The molecule has 0 radical (unpaired) electrons. The van der Waals surface area contributed by atoms with Crippen molar-refractivity contribution < 1.29 is 9.47 Å². The summed E-state index contributed by atoms with van der Waals surface area (Å²) in [5.74, 6) is 2.63. The fourth-order valence-corrected chi connectivity index (χ4v) is 3.78. The van der Waals surface area contributed by atoms with E-state index in [0.717, 1.165) is 41.7 Å². The van der Waals surface area contributed by atoms with Crippen LogP contribution < -0.4 is 20.1 Å². The minimum atomic E-state index is 0. The number of halogens is 1. The molecule has 0 spiro atoms. The molecular weight excluding hydrogens is 487 g/mol. The number of thiazole rings is 1. The van der Waals surface area contributed by atoms with Crippen LogP contribution in [0.4, 0.5) is 0 Å². The number of hydrogen-bond acceptors (Lipinski definition) is 5. The molecule has 1 atom stereocenters. The number of aryl methyl sites for hydroxylation is 1. The highest BCUT2D eigenvalue weighted by atomic mass is 127. The van der Waals surface area contributed by atoms with Crippen LogP contribution in [0.5, 0.6) is 11.5 Å². The minimum absolute atomic E-state index is 0. The van der Waals surface area contributed by atoms with Crippen LogP contribution in [-0.2, 0) is 19.5 Å². The van der Waals surface area contributed by atoms with Gasteiger partial charge >= 0.3 is 0 Å². The zero-order valence-electron chi connectivity index (χ0n) is 16.9. The van der Waals surface area contributed by atoms with Gasteiger partial charge in [-0.3, -0.25) is 0 Å². The third-order valence-electron chi connectivity index (χ3n) is 4.39. The van der Waals surface area contributed by atoms with Gasteiger partial charge < -0.3 is 20.1 Å². The normalized spacial score (nSPS) is 15.4. The zero-order chi connectivity index (χ0) is 19.2. The van der Waals surface area contributed by atoms with Crippen molar-refractivity contribution in [2.45, 2.75) is 53.3 Å². The lowest BCUT2D eigenvalue weighted by atomic mass is 10.1. The quantitative estimate of drug-likeness (QED) is 0.330. The van der Waals surface area contributed by atoms with Crippen molar-refractivity contribution in [1.29, 1.82) is 0 Å². The van der Waals surface area contributed by atoms with E-state index in [1.807, 2.05) is 19.4 Å².